The van der Waals surface area contributed by atoms with Crippen molar-refractivity contribution in [1.82, 2.24) is 9.97 Å². The van der Waals surface area contributed by atoms with E-state index in [4.69, 9.17) is 10.5 Å². The number of hydrogen-bond donors (Lipinski definition) is 1. The molecule has 1 aromatic heterocycles. The molecule has 6 heteroatoms. The first kappa shape index (κ1) is 19.9. The molecule has 0 bridgehead atoms. The van der Waals surface area contributed by atoms with E-state index in [-0.39, 0.29) is 0 Å². The van der Waals surface area contributed by atoms with Gasteiger partial charge in [-0.3, -0.25) is 0 Å². The topological polar surface area (TPSA) is 88.1 Å². The highest BCUT2D eigenvalue weighted by molar-refractivity contribution is 5.72. The normalized spacial score (nSPS) is 13.3. The van der Waals surface area contributed by atoms with Crippen molar-refractivity contribution in [2.75, 3.05) is 24.5 Å². The largest absolute Gasteiger partial charge is 0.438 e. The van der Waals surface area contributed by atoms with Crippen LogP contribution in [-0.4, -0.2) is 29.6 Å². The molecular weight excluding hydrogens is 374 g/mol. The lowest BCUT2D eigenvalue weighted by molar-refractivity contribution is 0.461. The van der Waals surface area contributed by atoms with Crippen molar-refractivity contribution in [2.24, 2.45) is 5.73 Å². The van der Waals surface area contributed by atoms with E-state index in [1.54, 1.807) is 12.1 Å². The van der Waals surface area contributed by atoms with Gasteiger partial charge in [-0.2, -0.15) is 10.2 Å². The number of rotatable bonds is 6. The van der Waals surface area contributed by atoms with Gasteiger partial charge in [0.1, 0.15) is 17.4 Å². The molecule has 152 valence electrons. The van der Waals surface area contributed by atoms with Crippen molar-refractivity contribution in [3.05, 3.63) is 65.5 Å². The predicted octanol–water partition coefficient (Wildman–Crippen LogP) is 4.22. The summed E-state index contributed by atoms with van der Waals surface area (Å²) < 4.78 is 6.22. The van der Waals surface area contributed by atoms with Crippen LogP contribution < -0.4 is 15.4 Å². The summed E-state index contributed by atoms with van der Waals surface area (Å²) in [6.45, 7) is 4.49. The number of anilines is 1. The molecule has 2 heterocycles. The summed E-state index contributed by atoms with van der Waals surface area (Å²) >= 11 is 0. The van der Waals surface area contributed by atoms with Crippen molar-refractivity contribution in [3.63, 3.8) is 0 Å². The zero-order valence-corrected chi connectivity index (χ0v) is 17.1. The van der Waals surface area contributed by atoms with Crippen LogP contribution in [0.25, 0.3) is 11.1 Å². The Balaban J connectivity index is 1.69. The fourth-order valence-corrected chi connectivity index (χ4v) is 3.73. The average molecular weight is 399 g/mol. The van der Waals surface area contributed by atoms with Gasteiger partial charge in [-0.15, -0.1) is 0 Å². The summed E-state index contributed by atoms with van der Waals surface area (Å²) in [5.41, 5.74) is 9.31. The molecule has 0 aliphatic carbocycles. The zero-order chi connectivity index (χ0) is 20.9. The minimum Gasteiger partial charge on any atom is -0.438 e. The van der Waals surface area contributed by atoms with Crippen LogP contribution >= 0.6 is 0 Å². The molecule has 0 unspecified atom stereocenters. The molecule has 0 spiro atoms. The number of nitriles is 1. The Labute approximate surface area is 177 Å². The van der Waals surface area contributed by atoms with E-state index in [1.165, 1.54) is 18.4 Å². The number of hydrogen-bond acceptors (Lipinski definition) is 6. The van der Waals surface area contributed by atoms with Gasteiger partial charge in [0.2, 0.25) is 5.88 Å². The number of nitrogens with zero attached hydrogens (tertiary/aromatic N) is 4. The molecule has 1 fully saturated rings. The second-order valence-corrected chi connectivity index (χ2v) is 7.47. The van der Waals surface area contributed by atoms with Crippen LogP contribution in [0.1, 0.15) is 29.8 Å². The smallest absolute Gasteiger partial charge is 0.224 e. The first-order valence-electron chi connectivity index (χ1n) is 10.3. The molecule has 0 atom stereocenters. The lowest BCUT2D eigenvalue weighted by Gasteiger charge is -2.18. The van der Waals surface area contributed by atoms with E-state index in [2.05, 4.69) is 45.2 Å². The van der Waals surface area contributed by atoms with Crippen LogP contribution in [0.4, 0.5) is 5.82 Å². The fourth-order valence-electron chi connectivity index (χ4n) is 3.73. The van der Waals surface area contributed by atoms with Crippen LogP contribution in [0.3, 0.4) is 0 Å². The third-order valence-electron chi connectivity index (χ3n) is 5.25. The molecule has 4 rings (SSSR count). The molecule has 30 heavy (non-hydrogen) atoms. The molecule has 6 nitrogen and oxygen atoms in total. The molecule has 2 N–H and O–H groups in total. The predicted molar refractivity (Wildman–Crippen MR) is 118 cm³/mol. The number of aryl methyl sites for hydroxylation is 1. The van der Waals surface area contributed by atoms with Gasteiger partial charge < -0.3 is 15.4 Å². The van der Waals surface area contributed by atoms with Gasteiger partial charge in [0.05, 0.1) is 11.6 Å². The van der Waals surface area contributed by atoms with Crippen LogP contribution in [0.2, 0.25) is 0 Å². The minimum absolute atomic E-state index is 0.487. The van der Waals surface area contributed by atoms with Crippen molar-refractivity contribution in [1.29, 1.82) is 5.26 Å². The van der Waals surface area contributed by atoms with E-state index in [0.717, 1.165) is 36.5 Å². The number of ether oxygens (including phenoxy) is 1. The van der Waals surface area contributed by atoms with Crippen LogP contribution in [0, 0.1) is 18.3 Å². The minimum atomic E-state index is 0.487. The molecule has 2 aromatic carbocycles. The quantitative estimate of drug-likeness (QED) is 0.668. The summed E-state index contributed by atoms with van der Waals surface area (Å²) in [5, 5.41) is 9.37. The van der Waals surface area contributed by atoms with Crippen molar-refractivity contribution in [2.45, 2.75) is 26.2 Å². The summed E-state index contributed by atoms with van der Waals surface area (Å²) in [5.74, 6) is 2.64. The molecule has 0 radical (unpaired) electrons. The monoisotopic (exact) mass is 399 g/mol. The van der Waals surface area contributed by atoms with Gasteiger partial charge in [0, 0.05) is 24.7 Å². The maximum Gasteiger partial charge on any atom is 0.224 e. The van der Waals surface area contributed by atoms with E-state index in [0.29, 0.717) is 29.6 Å². The van der Waals surface area contributed by atoms with Gasteiger partial charge in [-0.1, -0.05) is 24.3 Å². The average Bonchev–Trinajstić information content (AvgIpc) is 3.29. The molecule has 0 amide bonds. The standard InChI is InChI=1S/C24H25N5O/c1-17-27-23(29-12-2-3-13-29)15-24(28-17)30-22-14-19(16-26)6-9-21(22)20-7-4-18(5-8-20)10-11-25/h4-9,14-15H,2-3,10-13,25H2,1H3. The fraction of sp³-hybridized carbons (Fsp3) is 0.292. The van der Waals surface area contributed by atoms with E-state index in [1.807, 2.05) is 19.1 Å². The van der Waals surface area contributed by atoms with E-state index < -0.39 is 0 Å². The summed E-state index contributed by atoms with van der Waals surface area (Å²) in [6.07, 6.45) is 3.19. The third-order valence-corrected chi connectivity index (χ3v) is 5.25. The van der Waals surface area contributed by atoms with Gasteiger partial charge >= 0.3 is 0 Å². The van der Waals surface area contributed by atoms with Crippen molar-refractivity contribution in [3.8, 4) is 28.8 Å². The maximum absolute atomic E-state index is 9.37. The Morgan fingerprint density at radius 1 is 1.07 bits per heavy atom. The Bertz CT molecular complexity index is 1070. The van der Waals surface area contributed by atoms with Crippen molar-refractivity contribution < 1.29 is 4.74 Å². The highest BCUT2D eigenvalue weighted by atomic mass is 16.5. The number of nitrogens with two attached hydrogens (primary N) is 1. The summed E-state index contributed by atoms with van der Waals surface area (Å²) in [4.78, 5) is 11.3. The first-order chi connectivity index (χ1) is 14.7. The molecule has 1 aliphatic rings. The van der Waals surface area contributed by atoms with E-state index in [9.17, 15) is 5.26 Å². The molecule has 1 saturated heterocycles. The van der Waals surface area contributed by atoms with Gasteiger partial charge in [-0.25, -0.2) is 4.98 Å². The highest BCUT2D eigenvalue weighted by Gasteiger charge is 2.17. The Kier molecular flexibility index (Phi) is 5.92. The Morgan fingerprint density at radius 2 is 1.83 bits per heavy atom. The maximum atomic E-state index is 9.37. The highest BCUT2D eigenvalue weighted by Crippen LogP contribution is 2.35. The van der Waals surface area contributed by atoms with Crippen LogP contribution in [0.15, 0.2) is 48.5 Å². The Morgan fingerprint density at radius 3 is 2.53 bits per heavy atom. The molecule has 3 aromatic rings. The third kappa shape index (κ3) is 4.42. The van der Waals surface area contributed by atoms with Gasteiger partial charge in [-0.05, 0) is 62.1 Å². The Hall–Kier alpha value is -3.43. The first-order valence-corrected chi connectivity index (χ1v) is 10.3. The van der Waals surface area contributed by atoms with Crippen molar-refractivity contribution >= 4 is 5.82 Å². The number of aromatic nitrogens is 2. The lowest BCUT2D eigenvalue weighted by atomic mass is 10.0. The summed E-state index contributed by atoms with van der Waals surface area (Å²) in [7, 11) is 0. The SMILES string of the molecule is Cc1nc(Oc2cc(C#N)ccc2-c2ccc(CCN)cc2)cc(N2CCCC2)n1. The molecular formula is C24H25N5O. The molecule has 0 saturated carbocycles. The van der Waals surface area contributed by atoms with Gasteiger partial charge in [0.25, 0.3) is 0 Å². The van der Waals surface area contributed by atoms with Crippen LogP contribution in [0.5, 0.6) is 11.6 Å². The second kappa shape index (κ2) is 8.93. The van der Waals surface area contributed by atoms with Crippen LogP contribution in [-0.2, 0) is 6.42 Å². The number of benzene rings is 2. The lowest BCUT2D eigenvalue weighted by Crippen LogP contribution is -2.19. The van der Waals surface area contributed by atoms with Gasteiger partial charge in [0.15, 0.2) is 0 Å². The summed E-state index contributed by atoms with van der Waals surface area (Å²) in [6, 6.07) is 17.8. The van der Waals surface area contributed by atoms with E-state index >= 15 is 0 Å². The zero-order valence-electron chi connectivity index (χ0n) is 17.1. The second-order valence-electron chi connectivity index (χ2n) is 7.47. The molecule has 1 aliphatic heterocycles.